The standard InChI is InChI=1S/C13H11ClN2OS/c1-16-8-9-18-13(16)15-12(17)7-6-10-4-2-3-5-11(10)14/h2-9H,1H3. The van der Waals surface area contributed by atoms with Gasteiger partial charge in [-0.1, -0.05) is 29.8 Å². The highest BCUT2D eigenvalue weighted by molar-refractivity contribution is 7.07. The van der Waals surface area contributed by atoms with Crippen LogP contribution in [0.1, 0.15) is 5.56 Å². The van der Waals surface area contributed by atoms with E-state index in [-0.39, 0.29) is 5.91 Å². The fourth-order valence-corrected chi connectivity index (χ4v) is 2.27. The topological polar surface area (TPSA) is 34.4 Å². The van der Waals surface area contributed by atoms with Crippen molar-refractivity contribution in [2.75, 3.05) is 0 Å². The molecule has 1 heterocycles. The van der Waals surface area contributed by atoms with Gasteiger partial charge in [-0.05, 0) is 17.7 Å². The van der Waals surface area contributed by atoms with Crippen molar-refractivity contribution >= 4 is 34.9 Å². The normalized spacial score (nSPS) is 12.2. The lowest BCUT2D eigenvalue weighted by Gasteiger charge is -1.95. The molecule has 1 aromatic carbocycles. The van der Waals surface area contributed by atoms with E-state index in [4.69, 9.17) is 11.6 Å². The van der Waals surface area contributed by atoms with Crippen molar-refractivity contribution in [2.45, 2.75) is 0 Å². The van der Waals surface area contributed by atoms with Gasteiger partial charge in [-0.15, -0.1) is 11.3 Å². The maximum Gasteiger partial charge on any atom is 0.272 e. The van der Waals surface area contributed by atoms with E-state index in [2.05, 4.69) is 4.99 Å². The quantitative estimate of drug-likeness (QED) is 0.778. The number of aromatic nitrogens is 1. The Labute approximate surface area is 114 Å². The summed E-state index contributed by atoms with van der Waals surface area (Å²) < 4.78 is 1.80. The molecule has 0 saturated heterocycles. The molecule has 5 heteroatoms. The summed E-state index contributed by atoms with van der Waals surface area (Å²) >= 11 is 7.40. The zero-order chi connectivity index (χ0) is 13.0. The Bertz CT molecular complexity index is 655. The van der Waals surface area contributed by atoms with Crippen LogP contribution in [0.3, 0.4) is 0 Å². The minimum absolute atomic E-state index is 0.298. The zero-order valence-electron chi connectivity index (χ0n) is 9.71. The molecule has 0 aliphatic heterocycles. The highest BCUT2D eigenvalue weighted by Gasteiger charge is 1.97. The van der Waals surface area contributed by atoms with Crippen molar-refractivity contribution in [1.29, 1.82) is 0 Å². The zero-order valence-corrected chi connectivity index (χ0v) is 11.3. The molecule has 0 atom stereocenters. The Morgan fingerprint density at radius 1 is 1.44 bits per heavy atom. The second-order valence-corrected chi connectivity index (χ2v) is 4.88. The molecule has 3 nitrogen and oxygen atoms in total. The Balaban J connectivity index is 2.19. The molecule has 92 valence electrons. The van der Waals surface area contributed by atoms with Gasteiger partial charge in [-0.2, -0.15) is 4.99 Å². The highest BCUT2D eigenvalue weighted by atomic mass is 35.5. The van der Waals surface area contributed by atoms with Gasteiger partial charge in [0.2, 0.25) is 0 Å². The lowest BCUT2D eigenvalue weighted by atomic mass is 10.2. The smallest absolute Gasteiger partial charge is 0.272 e. The summed E-state index contributed by atoms with van der Waals surface area (Å²) in [7, 11) is 1.85. The van der Waals surface area contributed by atoms with Crippen LogP contribution < -0.4 is 4.80 Å². The Morgan fingerprint density at radius 3 is 2.89 bits per heavy atom. The monoisotopic (exact) mass is 278 g/mol. The molecule has 0 radical (unpaired) electrons. The Hall–Kier alpha value is -1.65. The van der Waals surface area contributed by atoms with Gasteiger partial charge >= 0.3 is 0 Å². The fraction of sp³-hybridized carbons (Fsp3) is 0.0769. The molecular weight excluding hydrogens is 268 g/mol. The first kappa shape index (κ1) is 12.8. The van der Waals surface area contributed by atoms with E-state index < -0.39 is 0 Å². The predicted octanol–water partition coefficient (Wildman–Crippen LogP) is 2.88. The number of hydrogen-bond donors (Lipinski definition) is 0. The van der Waals surface area contributed by atoms with Crippen molar-refractivity contribution in [1.82, 2.24) is 4.57 Å². The molecule has 0 aliphatic rings. The molecule has 0 saturated carbocycles. The van der Waals surface area contributed by atoms with Gasteiger partial charge in [0.1, 0.15) is 0 Å². The largest absolute Gasteiger partial charge is 0.327 e. The number of nitrogens with zero attached hydrogens (tertiary/aromatic N) is 2. The van der Waals surface area contributed by atoms with Crippen LogP contribution in [-0.4, -0.2) is 10.5 Å². The molecule has 0 unspecified atom stereocenters. The lowest BCUT2D eigenvalue weighted by molar-refractivity contribution is -0.113. The third-order valence-corrected chi connectivity index (χ3v) is 3.47. The second kappa shape index (κ2) is 5.80. The van der Waals surface area contributed by atoms with Crippen LogP contribution in [0.4, 0.5) is 0 Å². The van der Waals surface area contributed by atoms with Crippen LogP contribution in [-0.2, 0) is 11.8 Å². The molecule has 0 bridgehead atoms. The maximum absolute atomic E-state index is 11.6. The van der Waals surface area contributed by atoms with Crippen molar-refractivity contribution in [2.24, 2.45) is 12.0 Å². The number of carbonyl (C=O) groups is 1. The summed E-state index contributed by atoms with van der Waals surface area (Å²) in [5, 5.41) is 2.49. The SMILES string of the molecule is Cn1ccsc1=NC(=O)C=Cc1ccccc1Cl. The summed E-state index contributed by atoms with van der Waals surface area (Å²) in [5.74, 6) is -0.298. The van der Waals surface area contributed by atoms with Gasteiger partial charge in [-0.3, -0.25) is 4.79 Å². The van der Waals surface area contributed by atoms with E-state index in [1.807, 2.05) is 36.8 Å². The molecular formula is C13H11ClN2OS. The van der Waals surface area contributed by atoms with Gasteiger partial charge < -0.3 is 4.57 Å². The molecule has 2 aromatic rings. The number of carbonyl (C=O) groups excluding carboxylic acids is 1. The molecule has 18 heavy (non-hydrogen) atoms. The molecule has 0 fully saturated rings. The van der Waals surface area contributed by atoms with E-state index >= 15 is 0 Å². The summed E-state index contributed by atoms with van der Waals surface area (Å²) in [6.07, 6.45) is 4.94. The summed E-state index contributed by atoms with van der Waals surface area (Å²) in [6.45, 7) is 0. The first-order chi connectivity index (χ1) is 8.66. The number of benzene rings is 1. The number of amides is 1. The van der Waals surface area contributed by atoms with Crippen LogP contribution in [0.2, 0.25) is 5.02 Å². The fourth-order valence-electron chi connectivity index (χ4n) is 1.34. The van der Waals surface area contributed by atoms with Crippen molar-refractivity contribution in [3.05, 3.63) is 57.3 Å². The maximum atomic E-state index is 11.6. The number of hydrogen-bond acceptors (Lipinski definition) is 2. The minimum atomic E-state index is -0.298. The first-order valence-corrected chi connectivity index (χ1v) is 6.54. The summed E-state index contributed by atoms with van der Waals surface area (Å²) in [6, 6.07) is 7.34. The Morgan fingerprint density at radius 2 is 2.22 bits per heavy atom. The second-order valence-electron chi connectivity index (χ2n) is 3.60. The van der Waals surface area contributed by atoms with Crippen LogP contribution in [0.5, 0.6) is 0 Å². The average molecular weight is 279 g/mol. The van der Waals surface area contributed by atoms with E-state index in [9.17, 15) is 4.79 Å². The summed E-state index contributed by atoms with van der Waals surface area (Å²) in [4.78, 5) is 16.3. The van der Waals surface area contributed by atoms with Crippen LogP contribution in [0.15, 0.2) is 46.9 Å². The molecule has 0 aliphatic carbocycles. The van der Waals surface area contributed by atoms with Crippen LogP contribution in [0, 0.1) is 0 Å². The number of rotatable bonds is 2. The molecule has 0 spiro atoms. The molecule has 1 aromatic heterocycles. The van der Waals surface area contributed by atoms with Gasteiger partial charge in [0.05, 0.1) is 0 Å². The van der Waals surface area contributed by atoms with Crippen molar-refractivity contribution in [3.8, 4) is 0 Å². The van der Waals surface area contributed by atoms with Gasteiger partial charge in [-0.25, -0.2) is 0 Å². The van der Waals surface area contributed by atoms with Gasteiger partial charge in [0, 0.05) is 29.7 Å². The van der Waals surface area contributed by atoms with Crippen LogP contribution in [0.25, 0.3) is 6.08 Å². The number of thiazole rings is 1. The number of halogens is 1. The van der Waals surface area contributed by atoms with Gasteiger partial charge in [0.25, 0.3) is 5.91 Å². The van der Waals surface area contributed by atoms with Crippen LogP contribution >= 0.6 is 22.9 Å². The third-order valence-electron chi connectivity index (χ3n) is 2.28. The lowest BCUT2D eigenvalue weighted by Crippen LogP contribution is -2.11. The number of aryl methyl sites for hydroxylation is 1. The third kappa shape index (κ3) is 3.18. The molecule has 1 amide bonds. The van der Waals surface area contributed by atoms with E-state index in [1.54, 1.807) is 16.7 Å². The highest BCUT2D eigenvalue weighted by Crippen LogP contribution is 2.16. The van der Waals surface area contributed by atoms with Crippen molar-refractivity contribution in [3.63, 3.8) is 0 Å². The molecule has 0 N–H and O–H groups in total. The Kier molecular flexibility index (Phi) is 4.12. The van der Waals surface area contributed by atoms with E-state index in [0.29, 0.717) is 9.82 Å². The summed E-state index contributed by atoms with van der Waals surface area (Å²) in [5.41, 5.74) is 0.804. The van der Waals surface area contributed by atoms with E-state index in [0.717, 1.165) is 5.56 Å². The predicted molar refractivity (Wildman–Crippen MR) is 74.3 cm³/mol. The van der Waals surface area contributed by atoms with E-state index in [1.165, 1.54) is 17.4 Å². The average Bonchev–Trinajstić information content (AvgIpc) is 2.74. The first-order valence-electron chi connectivity index (χ1n) is 5.28. The van der Waals surface area contributed by atoms with Crippen molar-refractivity contribution < 1.29 is 4.79 Å². The van der Waals surface area contributed by atoms with Gasteiger partial charge in [0.15, 0.2) is 4.80 Å². The minimum Gasteiger partial charge on any atom is -0.327 e. The molecule has 2 rings (SSSR count).